The Labute approximate surface area is 149 Å². The van der Waals surface area contributed by atoms with Crippen LogP contribution in [0.5, 0.6) is 5.75 Å². The van der Waals surface area contributed by atoms with Gasteiger partial charge in [0.05, 0.1) is 5.60 Å². The molecule has 1 amide bonds. The molecule has 1 N–H and O–H groups in total. The van der Waals surface area contributed by atoms with E-state index in [1.165, 1.54) is 0 Å². The molecule has 6 nitrogen and oxygen atoms in total. The molecular formula is C19H28N2O4. The summed E-state index contributed by atoms with van der Waals surface area (Å²) in [6.45, 7) is 3.04. The van der Waals surface area contributed by atoms with Crippen LogP contribution in [0.3, 0.4) is 0 Å². The first-order valence-corrected chi connectivity index (χ1v) is 8.99. The smallest absolute Gasteiger partial charge is 0.254 e. The number of likely N-dealkylation sites (tertiary alicyclic amines) is 1. The Bertz CT molecular complexity index is 599. The van der Waals surface area contributed by atoms with Crippen molar-refractivity contribution in [2.24, 2.45) is 0 Å². The minimum Gasteiger partial charge on any atom is -0.492 e. The van der Waals surface area contributed by atoms with Gasteiger partial charge in [0.1, 0.15) is 18.5 Å². The van der Waals surface area contributed by atoms with Crippen molar-refractivity contribution in [3.05, 3.63) is 29.8 Å². The Hall–Kier alpha value is -1.63. The molecule has 1 aromatic carbocycles. The number of carbonyl (C=O) groups is 1. The molecular weight excluding hydrogens is 320 g/mol. The van der Waals surface area contributed by atoms with Crippen molar-refractivity contribution < 1.29 is 19.4 Å². The normalized spacial score (nSPS) is 26.4. The molecule has 1 spiro atoms. The molecule has 2 atom stereocenters. The highest BCUT2D eigenvalue weighted by Gasteiger charge is 2.46. The third-order valence-electron chi connectivity index (χ3n) is 5.11. The van der Waals surface area contributed by atoms with Crippen molar-refractivity contribution in [1.82, 2.24) is 9.80 Å². The summed E-state index contributed by atoms with van der Waals surface area (Å²) in [4.78, 5) is 16.6. The Morgan fingerprint density at radius 2 is 2.28 bits per heavy atom. The highest BCUT2D eigenvalue weighted by atomic mass is 16.5. The number of hydrogen-bond acceptors (Lipinski definition) is 5. The molecule has 1 aromatic rings. The van der Waals surface area contributed by atoms with Crippen LogP contribution < -0.4 is 4.74 Å². The summed E-state index contributed by atoms with van der Waals surface area (Å²) in [5.41, 5.74) is 0.159. The number of nitrogens with zero attached hydrogens (tertiary/aromatic N) is 2. The lowest BCUT2D eigenvalue weighted by Gasteiger charge is -2.42. The van der Waals surface area contributed by atoms with Crippen molar-refractivity contribution in [3.8, 4) is 5.75 Å². The second-order valence-electron chi connectivity index (χ2n) is 7.21. The highest BCUT2D eigenvalue weighted by Crippen LogP contribution is 2.36. The predicted molar refractivity (Wildman–Crippen MR) is 94.9 cm³/mol. The van der Waals surface area contributed by atoms with Crippen molar-refractivity contribution in [2.75, 3.05) is 46.9 Å². The minimum absolute atomic E-state index is 0.0649. The summed E-state index contributed by atoms with van der Waals surface area (Å²) in [6.07, 6.45) is 1.94. The van der Waals surface area contributed by atoms with E-state index in [0.29, 0.717) is 44.0 Å². The highest BCUT2D eigenvalue weighted by molar-refractivity contribution is 5.94. The van der Waals surface area contributed by atoms with Crippen LogP contribution in [-0.4, -0.2) is 79.5 Å². The lowest BCUT2D eigenvalue weighted by Crippen LogP contribution is -2.56. The molecule has 0 aliphatic carbocycles. The second-order valence-corrected chi connectivity index (χ2v) is 7.21. The van der Waals surface area contributed by atoms with Crippen molar-refractivity contribution >= 4 is 5.91 Å². The van der Waals surface area contributed by atoms with E-state index in [9.17, 15) is 9.90 Å². The molecule has 6 heteroatoms. The Balaban J connectivity index is 1.61. The van der Waals surface area contributed by atoms with Gasteiger partial charge in [0.25, 0.3) is 5.91 Å². The first-order valence-electron chi connectivity index (χ1n) is 8.99. The standard InChI is InChI=1S/C19H28N2O4/c1-20(2)10-12-24-16-6-3-5-15(13-16)18(23)21-9-8-19(17(22)14-21)7-4-11-25-19/h3,5-6,13,17,22H,4,7-12,14H2,1-2H3/t17-,19-/m0/s1. The molecule has 0 unspecified atom stereocenters. The predicted octanol–water partition coefficient (Wildman–Crippen LogP) is 1.38. The number of piperidine rings is 1. The maximum Gasteiger partial charge on any atom is 0.254 e. The molecule has 2 saturated heterocycles. The van der Waals surface area contributed by atoms with Gasteiger partial charge in [-0.05, 0) is 51.6 Å². The number of amides is 1. The molecule has 3 rings (SSSR count). The fourth-order valence-electron chi connectivity index (χ4n) is 3.57. The maximum absolute atomic E-state index is 12.8. The van der Waals surface area contributed by atoms with Gasteiger partial charge in [-0.15, -0.1) is 0 Å². The zero-order chi connectivity index (χ0) is 17.9. The van der Waals surface area contributed by atoms with E-state index in [0.717, 1.165) is 19.4 Å². The van der Waals surface area contributed by atoms with E-state index in [2.05, 4.69) is 0 Å². The topological polar surface area (TPSA) is 62.2 Å². The molecule has 2 fully saturated rings. The van der Waals surface area contributed by atoms with Gasteiger partial charge in [0.2, 0.25) is 0 Å². The van der Waals surface area contributed by atoms with E-state index in [1.807, 2.05) is 31.1 Å². The summed E-state index contributed by atoms with van der Waals surface area (Å²) in [5, 5.41) is 10.5. The average Bonchev–Trinajstić information content (AvgIpc) is 3.07. The van der Waals surface area contributed by atoms with E-state index >= 15 is 0 Å². The number of aliphatic hydroxyl groups excluding tert-OH is 1. The van der Waals surface area contributed by atoms with Crippen LogP contribution in [0.15, 0.2) is 24.3 Å². The molecule has 2 aliphatic rings. The van der Waals surface area contributed by atoms with Gasteiger partial charge < -0.3 is 24.4 Å². The van der Waals surface area contributed by atoms with Gasteiger partial charge in [-0.1, -0.05) is 6.07 Å². The monoisotopic (exact) mass is 348 g/mol. The summed E-state index contributed by atoms with van der Waals surface area (Å²) in [7, 11) is 3.98. The molecule has 2 heterocycles. The first-order chi connectivity index (χ1) is 12.0. The lowest BCUT2D eigenvalue weighted by atomic mass is 9.86. The van der Waals surface area contributed by atoms with Gasteiger partial charge in [-0.25, -0.2) is 0 Å². The first kappa shape index (κ1) is 18.2. The largest absolute Gasteiger partial charge is 0.492 e. The van der Waals surface area contributed by atoms with Gasteiger partial charge in [0.15, 0.2) is 0 Å². The van der Waals surface area contributed by atoms with Gasteiger partial charge in [-0.3, -0.25) is 4.79 Å². The number of rotatable bonds is 5. The van der Waals surface area contributed by atoms with Gasteiger partial charge >= 0.3 is 0 Å². The summed E-state index contributed by atoms with van der Waals surface area (Å²) in [6, 6.07) is 7.27. The molecule has 138 valence electrons. The zero-order valence-electron chi connectivity index (χ0n) is 15.1. The van der Waals surface area contributed by atoms with Gasteiger partial charge in [0, 0.05) is 31.8 Å². The Morgan fingerprint density at radius 1 is 1.44 bits per heavy atom. The number of hydrogen-bond donors (Lipinski definition) is 1. The number of likely N-dealkylation sites (N-methyl/N-ethyl adjacent to an activating group) is 1. The van der Waals surface area contributed by atoms with E-state index < -0.39 is 11.7 Å². The second kappa shape index (κ2) is 7.72. The Morgan fingerprint density at radius 3 is 2.96 bits per heavy atom. The quantitative estimate of drug-likeness (QED) is 0.871. The van der Waals surface area contributed by atoms with Gasteiger partial charge in [-0.2, -0.15) is 0 Å². The maximum atomic E-state index is 12.8. The van der Waals surface area contributed by atoms with E-state index in [-0.39, 0.29) is 5.91 Å². The average molecular weight is 348 g/mol. The Kier molecular flexibility index (Phi) is 5.61. The van der Waals surface area contributed by atoms with Crippen molar-refractivity contribution in [2.45, 2.75) is 31.0 Å². The molecule has 0 bridgehead atoms. The van der Waals surface area contributed by atoms with Crippen LogP contribution in [0.2, 0.25) is 0 Å². The van der Waals surface area contributed by atoms with E-state index in [1.54, 1.807) is 17.0 Å². The third kappa shape index (κ3) is 4.14. The van der Waals surface area contributed by atoms with Crippen LogP contribution in [0, 0.1) is 0 Å². The number of carbonyl (C=O) groups excluding carboxylic acids is 1. The third-order valence-corrected chi connectivity index (χ3v) is 5.11. The van der Waals surface area contributed by atoms with Crippen LogP contribution in [0.1, 0.15) is 29.6 Å². The number of β-amino-alcohol motifs (C(OH)–C–C–N with tert-alkyl or cyclic N) is 1. The number of aliphatic hydroxyl groups is 1. The molecule has 2 aliphatic heterocycles. The fourth-order valence-corrected chi connectivity index (χ4v) is 3.57. The van der Waals surface area contributed by atoms with Crippen molar-refractivity contribution in [3.63, 3.8) is 0 Å². The summed E-state index contributed by atoms with van der Waals surface area (Å²) >= 11 is 0. The molecule has 25 heavy (non-hydrogen) atoms. The van der Waals surface area contributed by atoms with Crippen LogP contribution >= 0.6 is 0 Å². The van der Waals surface area contributed by atoms with Crippen LogP contribution in [-0.2, 0) is 4.74 Å². The number of ether oxygens (including phenoxy) is 2. The van der Waals surface area contributed by atoms with Crippen molar-refractivity contribution in [1.29, 1.82) is 0 Å². The van der Waals surface area contributed by atoms with Crippen LogP contribution in [0.25, 0.3) is 0 Å². The summed E-state index contributed by atoms with van der Waals surface area (Å²) < 4.78 is 11.5. The molecule has 0 radical (unpaired) electrons. The van der Waals surface area contributed by atoms with Crippen LogP contribution in [0.4, 0.5) is 0 Å². The SMILES string of the molecule is CN(C)CCOc1cccc(C(=O)N2CC[C@@]3(CCCO3)[C@@H](O)C2)c1. The zero-order valence-corrected chi connectivity index (χ0v) is 15.1. The summed E-state index contributed by atoms with van der Waals surface area (Å²) in [5.74, 6) is 0.630. The minimum atomic E-state index is -0.618. The lowest BCUT2D eigenvalue weighted by molar-refractivity contribution is -0.122. The number of benzene rings is 1. The fraction of sp³-hybridized carbons (Fsp3) is 0.632. The van der Waals surface area contributed by atoms with E-state index in [4.69, 9.17) is 9.47 Å². The molecule has 0 aromatic heterocycles. The molecule has 0 saturated carbocycles.